The summed E-state index contributed by atoms with van der Waals surface area (Å²) in [5.74, 6) is 3.07. The Hall–Kier alpha value is 0.0218. The third-order valence-corrected chi connectivity index (χ3v) is 9.41. The van der Waals surface area contributed by atoms with E-state index in [9.17, 15) is 0 Å². The molecule has 2 heterocycles. The van der Waals surface area contributed by atoms with Gasteiger partial charge in [0, 0.05) is 8.07 Å². The van der Waals surface area contributed by atoms with E-state index < -0.39 is 8.07 Å². The summed E-state index contributed by atoms with van der Waals surface area (Å²) in [4.78, 5) is 0. The largest absolute Gasteiger partial charge is 0.151 e. The first-order valence-electron chi connectivity index (χ1n) is 9.24. The zero-order valence-electron chi connectivity index (χ0n) is 13.9. The van der Waals surface area contributed by atoms with Gasteiger partial charge in [-0.1, -0.05) is 88.0 Å². The van der Waals surface area contributed by atoms with Gasteiger partial charge in [-0.15, -0.1) is 0 Å². The Morgan fingerprint density at radius 2 is 1.60 bits per heavy atom. The minimum absolute atomic E-state index is 0.934. The number of fused-ring (bicyclic) bond motifs is 3. The van der Waals surface area contributed by atoms with Crippen molar-refractivity contribution in [1.29, 1.82) is 0 Å². The third-order valence-electron chi connectivity index (χ3n) is 6.55. The molecule has 0 N–H and O–H groups in total. The van der Waals surface area contributed by atoms with Gasteiger partial charge in [0.2, 0.25) is 0 Å². The Balaban J connectivity index is 1.95. The van der Waals surface area contributed by atoms with Gasteiger partial charge in [0.25, 0.3) is 0 Å². The van der Waals surface area contributed by atoms with E-state index >= 15 is 0 Å². The third kappa shape index (κ3) is 2.96. The molecule has 1 aliphatic carbocycles. The fourth-order valence-corrected chi connectivity index (χ4v) is 9.41. The first-order valence-corrected chi connectivity index (χ1v) is 12.8. The maximum absolute atomic E-state index is 2.66. The molecule has 0 unspecified atom stereocenters. The van der Waals surface area contributed by atoms with Crippen LogP contribution in [0.1, 0.15) is 57.8 Å². The molecule has 0 aromatic heterocycles. The highest BCUT2D eigenvalue weighted by Crippen LogP contribution is 2.54. The standard InChI is InChI=1S/C18H33BSi/c1-20(2,3)18-15-9-7-13-17(14-8-10-15)19(18)16-11-5-4-6-12-16/h5,11,15-18H,4,6-10,12-14H2,1-3H3/t15?,16-,17?,18-/m0/s1. The molecule has 0 aromatic carbocycles. The van der Waals surface area contributed by atoms with Crippen LogP contribution in [0.15, 0.2) is 12.2 Å². The van der Waals surface area contributed by atoms with Crippen LogP contribution in [0.5, 0.6) is 0 Å². The molecule has 2 bridgehead atoms. The molecular formula is C18H33BSi. The van der Waals surface area contributed by atoms with E-state index in [4.69, 9.17) is 0 Å². The van der Waals surface area contributed by atoms with E-state index in [-0.39, 0.29) is 0 Å². The van der Waals surface area contributed by atoms with E-state index in [0.29, 0.717) is 0 Å². The molecule has 2 heteroatoms. The molecule has 0 aromatic rings. The van der Waals surface area contributed by atoms with Crippen LogP contribution < -0.4 is 0 Å². The lowest BCUT2D eigenvalue weighted by Crippen LogP contribution is -2.45. The molecule has 0 radical (unpaired) electrons. The van der Waals surface area contributed by atoms with Gasteiger partial charge in [-0.2, -0.15) is 0 Å². The molecule has 2 saturated heterocycles. The van der Waals surface area contributed by atoms with Gasteiger partial charge in [0.1, 0.15) is 0 Å². The lowest BCUT2D eigenvalue weighted by molar-refractivity contribution is 0.411. The first-order chi connectivity index (χ1) is 9.57. The Kier molecular flexibility index (Phi) is 4.50. The minimum atomic E-state index is -1.06. The van der Waals surface area contributed by atoms with Crippen LogP contribution in [-0.4, -0.2) is 14.8 Å². The fourth-order valence-electron chi connectivity index (χ4n) is 5.98. The van der Waals surface area contributed by atoms with Crippen LogP contribution in [-0.2, 0) is 0 Å². The molecule has 0 saturated carbocycles. The van der Waals surface area contributed by atoms with E-state index in [1.807, 2.05) is 0 Å². The van der Waals surface area contributed by atoms with Crippen LogP contribution in [0.2, 0.25) is 36.7 Å². The van der Waals surface area contributed by atoms with E-state index in [1.54, 1.807) is 25.7 Å². The summed E-state index contributed by atoms with van der Waals surface area (Å²) in [7, 11) is -1.06. The second-order valence-electron chi connectivity index (χ2n) is 8.87. The normalized spacial score (nSPS) is 38.6. The lowest BCUT2D eigenvalue weighted by Gasteiger charge is -2.42. The van der Waals surface area contributed by atoms with Crippen molar-refractivity contribution in [2.75, 3.05) is 0 Å². The van der Waals surface area contributed by atoms with E-state index in [2.05, 4.69) is 31.8 Å². The summed E-state index contributed by atoms with van der Waals surface area (Å²) in [6.45, 7) is 9.04. The number of hydrogen-bond donors (Lipinski definition) is 0. The van der Waals surface area contributed by atoms with Crippen molar-refractivity contribution in [3.63, 3.8) is 0 Å². The molecule has 2 aliphatic heterocycles. The molecule has 0 nitrogen and oxygen atoms in total. The Morgan fingerprint density at radius 1 is 0.900 bits per heavy atom. The van der Waals surface area contributed by atoms with Crippen molar-refractivity contribution < 1.29 is 0 Å². The summed E-state index contributed by atoms with van der Waals surface area (Å²) in [5.41, 5.74) is 1.10. The number of rotatable bonds is 2. The average molecular weight is 288 g/mol. The Bertz CT molecular complexity index is 347. The van der Waals surface area contributed by atoms with Crippen molar-refractivity contribution in [2.45, 2.75) is 94.5 Å². The van der Waals surface area contributed by atoms with Crippen molar-refractivity contribution in [1.82, 2.24) is 0 Å². The van der Waals surface area contributed by atoms with Crippen LogP contribution >= 0.6 is 0 Å². The summed E-state index contributed by atoms with van der Waals surface area (Å²) < 4.78 is 0. The molecule has 3 rings (SSSR count). The Morgan fingerprint density at radius 3 is 2.15 bits per heavy atom. The Labute approximate surface area is 127 Å². The summed E-state index contributed by atoms with van der Waals surface area (Å²) >= 11 is 0. The molecule has 3 aliphatic rings. The highest BCUT2D eigenvalue weighted by atomic mass is 28.3. The van der Waals surface area contributed by atoms with Gasteiger partial charge in [0.15, 0.2) is 6.71 Å². The van der Waals surface area contributed by atoms with Crippen molar-refractivity contribution in [2.24, 2.45) is 5.92 Å². The van der Waals surface area contributed by atoms with Gasteiger partial charge in [-0.05, 0) is 24.6 Å². The van der Waals surface area contributed by atoms with Gasteiger partial charge in [-0.25, -0.2) is 0 Å². The smallest absolute Gasteiger partial charge is 0.0926 e. The number of allylic oxidation sites excluding steroid dienone is 2. The van der Waals surface area contributed by atoms with E-state index in [1.165, 1.54) is 32.1 Å². The van der Waals surface area contributed by atoms with Gasteiger partial charge in [0.05, 0.1) is 0 Å². The summed E-state index contributed by atoms with van der Waals surface area (Å²) in [6, 6.07) is 0. The quantitative estimate of drug-likeness (QED) is 0.419. The first kappa shape index (κ1) is 14.9. The maximum Gasteiger partial charge on any atom is 0.151 e. The fraction of sp³-hybridized carbons (Fsp3) is 0.889. The highest BCUT2D eigenvalue weighted by Gasteiger charge is 2.49. The topological polar surface area (TPSA) is 0 Å². The molecule has 2 fully saturated rings. The molecular weight excluding hydrogens is 255 g/mol. The molecule has 112 valence electrons. The molecule has 2 atom stereocenters. The molecule has 0 amide bonds. The monoisotopic (exact) mass is 288 g/mol. The average Bonchev–Trinajstić information content (AvgIpc) is 2.67. The van der Waals surface area contributed by atoms with E-state index in [0.717, 1.165) is 29.7 Å². The zero-order chi connectivity index (χ0) is 14.2. The second kappa shape index (κ2) is 6.03. The molecule has 0 spiro atoms. The predicted octanol–water partition coefficient (Wildman–Crippen LogP) is 6.19. The van der Waals surface area contributed by atoms with Crippen LogP contribution in [0.3, 0.4) is 0 Å². The SMILES string of the molecule is C[Si](C)(C)[C@@H]1B([C@H]2C=CCCC2)C2CCCC1CCC2. The second-order valence-corrected chi connectivity index (χ2v) is 14.3. The predicted molar refractivity (Wildman–Crippen MR) is 94.5 cm³/mol. The molecule has 20 heavy (non-hydrogen) atoms. The lowest BCUT2D eigenvalue weighted by atomic mass is 9.30. The zero-order valence-corrected chi connectivity index (χ0v) is 14.9. The number of hydrogen-bond acceptors (Lipinski definition) is 0. The van der Waals surface area contributed by atoms with Crippen LogP contribution in [0, 0.1) is 5.92 Å². The minimum Gasteiger partial charge on any atom is -0.0926 e. The highest BCUT2D eigenvalue weighted by molar-refractivity contribution is 6.91. The van der Waals surface area contributed by atoms with Gasteiger partial charge >= 0.3 is 0 Å². The summed E-state index contributed by atoms with van der Waals surface area (Å²) in [6.07, 6.45) is 18.7. The van der Waals surface area contributed by atoms with Crippen molar-refractivity contribution >= 4 is 14.8 Å². The summed E-state index contributed by atoms with van der Waals surface area (Å²) in [5, 5.41) is 0. The van der Waals surface area contributed by atoms with Crippen molar-refractivity contribution in [3.8, 4) is 0 Å². The van der Waals surface area contributed by atoms with Gasteiger partial charge < -0.3 is 0 Å². The van der Waals surface area contributed by atoms with Gasteiger partial charge in [-0.3, -0.25) is 0 Å². The maximum atomic E-state index is 2.66. The van der Waals surface area contributed by atoms with Crippen molar-refractivity contribution in [3.05, 3.63) is 12.2 Å². The van der Waals surface area contributed by atoms with Crippen LogP contribution in [0.4, 0.5) is 0 Å². The van der Waals surface area contributed by atoms with Crippen LogP contribution in [0.25, 0.3) is 0 Å².